The number of ether oxygens (including phenoxy) is 1. The van der Waals surface area contributed by atoms with Gasteiger partial charge in [0.2, 0.25) is 5.91 Å². The summed E-state index contributed by atoms with van der Waals surface area (Å²) in [6.07, 6.45) is 0.506. The number of rotatable bonds is 3. The first-order valence-corrected chi connectivity index (χ1v) is 9.50. The van der Waals surface area contributed by atoms with Crippen LogP contribution in [0.2, 0.25) is 10.2 Å². The topological polar surface area (TPSA) is 54.8 Å². The smallest absolute Gasteiger partial charge is 0.240 e. The van der Waals surface area contributed by atoms with Crippen LogP contribution in [0.5, 0.6) is 5.75 Å². The second-order valence-corrected chi connectivity index (χ2v) is 7.30. The van der Waals surface area contributed by atoms with Gasteiger partial charge in [0, 0.05) is 40.9 Å². The lowest BCUT2D eigenvalue weighted by atomic mass is 9.98. The molecule has 2 aromatic carbocycles. The third kappa shape index (κ3) is 3.32. The molecule has 142 valence electrons. The number of benzene rings is 2. The Hall–Kier alpha value is -2.63. The van der Waals surface area contributed by atoms with Gasteiger partial charge in [0.1, 0.15) is 10.9 Å². The average molecular weight is 414 g/mol. The van der Waals surface area contributed by atoms with E-state index in [4.69, 9.17) is 27.9 Å². The number of aromatic nitrogens is 1. The van der Waals surface area contributed by atoms with Crippen molar-refractivity contribution >= 4 is 45.7 Å². The first-order chi connectivity index (χ1) is 13.5. The fourth-order valence-electron chi connectivity index (χ4n) is 3.40. The second kappa shape index (κ2) is 7.41. The molecule has 1 aliphatic rings. The van der Waals surface area contributed by atoms with Crippen molar-refractivity contribution in [3.8, 4) is 5.75 Å². The van der Waals surface area contributed by atoms with E-state index in [9.17, 15) is 4.79 Å². The van der Waals surface area contributed by atoms with Gasteiger partial charge in [-0.1, -0.05) is 41.4 Å². The molecule has 3 aromatic rings. The number of pyridine rings is 1. The van der Waals surface area contributed by atoms with Crippen LogP contribution in [0.25, 0.3) is 10.9 Å². The van der Waals surface area contributed by atoms with Crippen LogP contribution in [0.3, 0.4) is 0 Å². The molecule has 0 aliphatic carbocycles. The summed E-state index contributed by atoms with van der Waals surface area (Å²) >= 11 is 12.8. The van der Waals surface area contributed by atoms with Gasteiger partial charge < -0.3 is 4.74 Å². The van der Waals surface area contributed by atoms with Crippen molar-refractivity contribution in [2.75, 3.05) is 7.11 Å². The van der Waals surface area contributed by atoms with Crippen LogP contribution in [0.4, 0.5) is 0 Å². The summed E-state index contributed by atoms with van der Waals surface area (Å²) in [4.78, 5) is 16.8. The molecule has 28 heavy (non-hydrogen) atoms. The third-order valence-corrected chi connectivity index (χ3v) is 5.41. The quantitative estimate of drug-likeness (QED) is 0.551. The molecule has 0 bridgehead atoms. The number of halogens is 2. The number of fused-ring (bicyclic) bond motifs is 1. The van der Waals surface area contributed by atoms with Gasteiger partial charge in [0.05, 0.1) is 24.4 Å². The molecule has 5 nitrogen and oxygen atoms in total. The maximum Gasteiger partial charge on any atom is 0.240 e. The molecule has 0 N–H and O–H groups in total. The normalized spacial score (nSPS) is 16.4. The van der Waals surface area contributed by atoms with E-state index in [1.165, 1.54) is 11.9 Å². The van der Waals surface area contributed by atoms with Gasteiger partial charge in [-0.25, -0.2) is 9.99 Å². The molecule has 0 fully saturated rings. The van der Waals surface area contributed by atoms with Crippen LogP contribution in [0.15, 0.2) is 53.6 Å². The summed E-state index contributed by atoms with van der Waals surface area (Å²) in [5.74, 6) is 0.539. The Kier molecular flexibility index (Phi) is 4.96. The molecule has 2 heterocycles. The van der Waals surface area contributed by atoms with Crippen LogP contribution in [-0.4, -0.2) is 28.7 Å². The van der Waals surface area contributed by atoms with Gasteiger partial charge in [0.25, 0.3) is 0 Å². The van der Waals surface area contributed by atoms with Gasteiger partial charge in [-0.15, -0.1) is 0 Å². The summed E-state index contributed by atoms with van der Waals surface area (Å²) in [5.41, 5.74) is 3.04. The zero-order valence-corrected chi connectivity index (χ0v) is 16.8. The van der Waals surface area contributed by atoms with Crippen molar-refractivity contribution in [2.45, 2.75) is 19.4 Å². The molecular formula is C21H17Cl2N3O2. The van der Waals surface area contributed by atoms with Crippen LogP contribution in [0, 0.1) is 0 Å². The van der Waals surface area contributed by atoms with Gasteiger partial charge in [-0.2, -0.15) is 5.10 Å². The lowest BCUT2D eigenvalue weighted by Crippen LogP contribution is -2.24. The van der Waals surface area contributed by atoms with E-state index < -0.39 is 0 Å². The minimum atomic E-state index is -0.338. The Bertz CT molecular complexity index is 1110. The molecule has 7 heteroatoms. The zero-order valence-electron chi connectivity index (χ0n) is 15.3. The Morgan fingerprint density at radius 3 is 2.68 bits per heavy atom. The fourth-order valence-corrected chi connectivity index (χ4v) is 3.92. The van der Waals surface area contributed by atoms with E-state index in [2.05, 4.69) is 10.1 Å². The molecule has 0 spiro atoms. The predicted molar refractivity (Wildman–Crippen MR) is 111 cm³/mol. The standard InChI is InChI=1S/C21H17Cl2N3O2/c1-12(27)26-20(11-19(25-26)15-5-3-4-6-17(15)22)16-9-13-7-8-14(28-2)10-18(13)24-21(16)23/h3-10,20H,11H2,1-2H3/t20-/m1/s1. The van der Waals surface area contributed by atoms with Crippen molar-refractivity contribution in [1.29, 1.82) is 0 Å². The van der Waals surface area contributed by atoms with Crippen LogP contribution in [0.1, 0.15) is 30.5 Å². The molecule has 1 aliphatic heterocycles. The lowest BCUT2D eigenvalue weighted by Gasteiger charge is -2.21. The molecule has 0 unspecified atom stereocenters. The molecule has 0 radical (unpaired) electrons. The maximum absolute atomic E-state index is 12.3. The van der Waals surface area contributed by atoms with Crippen LogP contribution < -0.4 is 4.74 Å². The Morgan fingerprint density at radius 2 is 1.96 bits per heavy atom. The third-order valence-electron chi connectivity index (χ3n) is 4.78. The summed E-state index contributed by atoms with van der Waals surface area (Å²) in [6.45, 7) is 1.49. The number of carbonyl (C=O) groups is 1. The molecule has 1 aromatic heterocycles. The van der Waals surface area contributed by atoms with Crippen molar-refractivity contribution < 1.29 is 9.53 Å². The number of hydrazone groups is 1. The number of amides is 1. The van der Waals surface area contributed by atoms with Crippen molar-refractivity contribution in [3.63, 3.8) is 0 Å². The first-order valence-electron chi connectivity index (χ1n) is 8.74. The van der Waals surface area contributed by atoms with Gasteiger partial charge in [-0.3, -0.25) is 4.79 Å². The second-order valence-electron chi connectivity index (χ2n) is 6.54. The minimum Gasteiger partial charge on any atom is -0.497 e. The molecule has 4 rings (SSSR count). The van der Waals surface area contributed by atoms with Gasteiger partial charge in [0.15, 0.2) is 0 Å². The summed E-state index contributed by atoms with van der Waals surface area (Å²) in [7, 11) is 1.61. The monoisotopic (exact) mass is 413 g/mol. The molecule has 0 saturated heterocycles. The maximum atomic E-state index is 12.3. The van der Waals surface area contributed by atoms with Crippen LogP contribution >= 0.6 is 23.2 Å². The highest BCUT2D eigenvalue weighted by atomic mass is 35.5. The molecule has 1 amide bonds. The van der Waals surface area contributed by atoms with E-state index in [1.54, 1.807) is 7.11 Å². The zero-order chi connectivity index (χ0) is 19.8. The number of hydrogen-bond acceptors (Lipinski definition) is 4. The molecule has 0 saturated carbocycles. The number of carbonyl (C=O) groups excluding carboxylic acids is 1. The van der Waals surface area contributed by atoms with Crippen molar-refractivity contribution in [2.24, 2.45) is 5.10 Å². The highest BCUT2D eigenvalue weighted by Crippen LogP contribution is 2.38. The molecule has 1 atom stereocenters. The van der Waals surface area contributed by atoms with E-state index in [0.717, 1.165) is 27.7 Å². The Morgan fingerprint density at radius 1 is 1.18 bits per heavy atom. The Labute approximate surface area is 172 Å². The van der Waals surface area contributed by atoms with E-state index >= 15 is 0 Å². The highest BCUT2D eigenvalue weighted by Gasteiger charge is 2.33. The number of methoxy groups -OCH3 is 1. The largest absolute Gasteiger partial charge is 0.497 e. The van der Waals surface area contributed by atoms with E-state index in [0.29, 0.717) is 22.3 Å². The SMILES string of the molecule is COc1ccc2cc([C@H]3CC(c4ccccc4Cl)=NN3C(C)=O)c(Cl)nc2c1. The molecular weight excluding hydrogens is 397 g/mol. The summed E-state index contributed by atoms with van der Waals surface area (Å²) < 4.78 is 5.25. The predicted octanol–water partition coefficient (Wildman–Crippen LogP) is 5.25. The number of nitrogens with zero attached hydrogens (tertiary/aromatic N) is 3. The van der Waals surface area contributed by atoms with Crippen molar-refractivity contribution in [3.05, 3.63) is 69.8 Å². The first kappa shape index (κ1) is 18.7. The van der Waals surface area contributed by atoms with Gasteiger partial charge >= 0.3 is 0 Å². The summed E-state index contributed by atoms with van der Waals surface area (Å²) in [6, 6.07) is 14.7. The van der Waals surface area contributed by atoms with Crippen molar-refractivity contribution in [1.82, 2.24) is 9.99 Å². The van der Waals surface area contributed by atoms with E-state index in [1.807, 2.05) is 48.5 Å². The minimum absolute atomic E-state index is 0.169. The van der Waals surface area contributed by atoms with Gasteiger partial charge in [-0.05, 0) is 24.3 Å². The van der Waals surface area contributed by atoms with Crippen LogP contribution in [-0.2, 0) is 4.79 Å². The lowest BCUT2D eigenvalue weighted by molar-refractivity contribution is -0.130. The fraction of sp³-hybridized carbons (Fsp3) is 0.190. The number of hydrogen-bond donors (Lipinski definition) is 0. The Balaban J connectivity index is 1.77. The summed E-state index contributed by atoms with van der Waals surface area (Å²) in [5, 5.41) is 7.84. The highest BCUT2D eigenvalue weighted by molar-refractivity contribution is 6.34. The average Bonchev–Trinajstić information content (AvgIpc) is 3.12. The van der Waals surface area contributed by atoms with E-state index in [-0.39, 0.29) is 11.9 Å².